The van der Waals surface area contributed by atoms with Crippen LogP contribution in [0.25, 0.3) is 0 Å². The third kappa shape index (κ3) is 6.30. The van der Waals surface area contributed by atoms with Gasteiger partial charge in [0.2, 0.25) is 0 Å². The number of rotatable bonds is 5. The van der Waals surface area contributed by atoms with Crippen LogP contribution in [0.1, 0.15) is 24.8 Å². The fraction of sp³-hybridized carbons (Fsp3) is 0.385. The highest BCUT2D eigenvalue weighted by molar-refractivity contribution is 7.99. The Bertz CT molecular complexity index is 379. The third-order valence-electron chi connectivity index (χ3n) is 2.07. The molecular weight excluding hydrogens is 240 g/mol. The molecule has 0 atom stereocenters. The molecule has 0 saturated carbocycles. The average Bonchev–Trinajstić information content (AvgIpc) is 2.30. The van der Waals surface area contributed by atoms with Gasteiger partial charge in [0.15, 0.2) is 0 Å². The predicted octanol–water partition coefficient (Wildman–Crippen LogP) is 3.48. The van der Waals surface area contributed by atoms with Gasteiger partial charge in [0, 0.05) is 16.9 Å². The van der Waals surface area contributed by atoms with Crippen molar-refractivity contribution >= 4 is 11.8 Å². The van der Waals surface area contributed by atoms with Crippen molar-refractivity contribution < 1.29 is 8.78 Å². The molecule has 0 aliphatic heterocycles. The summed E-state index contributed by atoms with van der Waals surface area (Å²) in [6.45, 7) is 0.696. The largest absolute Gasteiger partial charge is 0.330 e. The minimum absolute atomic E-state index is 0.547. The summed E-state index contributed by atoms with van der Waals surface area (Å²) in [5.74, 6) is 3.66. The van der Waals surface area contributed by atoms with Crippen LogP contribution in [0.4, 0.5) is 8.78 Å². The Labute approximate surface area is 105 Å². The number of alkyl halides is 2. The quantitative estimate of drug-likeness (QED) is 0.495. The molecule has 0 aliphatic rings. The van der Waals surface area contributed by atoms with Gasteiger partial charge in [-0.2, -0.15) is 8.78 Å². The molecule has 0 amide bonds. The highest BCUT2D eigenvalue weighted by atomic mass is 32.2. The maximum Gasteiger partial charge on any atom is 0.288 e. The zero-order valence-electron chi connectivity index (χ0n) is 9.46. The van der Waals surface area contributed by atoms with Crippen LogP contribution in [0.3, 0.4) is 0 Å². The van der Waals surface area contributed by atoms with Crippen LogP contribution in [0.15, 0.2) is 29.2 Å². The van der Waals surface area contributed by atoms with E-state index in [4.69, 9.17) is 5.73 Å². The molecular formula is C13H15F2NS. The molecule has 0 radical (unpaired) electrons. The minimum Gasteiger partial charge on any atom is -0.330 e. The van der Waals surface area contributed by atoms with Crippen LogP contribution in [0, 0.1) is 11.8 Å². The van der Waals surface area contributed by atoms with Gasteiger partial charge in [0.05, 0.1) is 0 Å². The van der Waals surface area contributed by atoms with Gasteiger partial charge in [-0.25, -0.2) is 0 Å². The molecule has 1 nitrogen and oxygen atoms in total. The van der Waals surface area contributed by atoms with Crippen LogP contribution >= 0.6 is 11.8 Å². The van der Waals surface area contributed by atoms with E-state index in [2.05, 4.69) is 11.8 Å². The van der Waals surface area contributed by atoms with Gasteiger partial charge in [-0.05, 0) is 43.7 Å². The smallest absolute Gasteiger partial charge is 0.288 e. The molecule has 0 saturated heterocycles. The first kappa shape index (κ1) is 14.0. The van der Waals surface area contributed by atoms with Crippen molar-refractivity contribution in [2.45, 2.75) is 29.9 Å². The fourth-order valence-electron chi connectivity index (χ4n) is 1.24. The summed E-state index contributed by atoms with van der Waals surface area (Å²) in [6, 6.07) is 6.86. The Hall–Kier alpha value is -1.05. The Morgan fingerprint density at radius 3 is 2.47 bits per heavy atom. The van der Waals surface area contributed by atoms with E-state index in [0.717, 1.165) is 24.8 Å². The number of hydrogen-bond donors (Lipinski definition) is 1. The molecule has 17 heavy (non-hydrogen) atoms. The Morgan fingerprint density at radius 2 is 1.88 bits per heavy atom. The molecule has 1 aromatic rings. The number of halogens is 2. The normalized spacial score (nSPS) is 10.1. The van der Waals surface area contributed by atoms with Gasteiger partial charge < -0.3 is 5.73 Å². The van der Waals surface area contributed by atoms with Crippen LogP contribution in [0.2, 0.25) is 0 Å². The summed E-state index contributed by atoms with van der Waals surface area (Å²) in [7, 11) is 0. The first-order chi connectivity index (χ1) is 8.22. The molecule has 1 aromatic carbocycles. The van der Waals surface area contributed by atoms with E-state index in [9.17, 15) is 8.78 Å². The first-order valence-electron chi connectivity index (χ1n) is 5.46. The van der Waals surface area contributed by atoms with E-state index < -0.39 is 5.76 Å². The fourth-order valence-corrected chi connectivity index (χ4v) is 1.74. The number of hydrogen-bond acceptors (Lipinski definition) is 2. The van der Waals surface area contributed by atoms with Gasteiger partial charge in [-0.1, -0.05) is 23.6 Å². The Morgan fingerprint density at radius 1 is 1.18 bits per heavy atom. The molecule has 0 bridgehead atoms. The van der Waals surface area contributed by atoms with Gasteiger partial charge >= 0.3 is 0 Å². The molecule has 4 heteroatoms. The summed E-state index contributed by atoms with van der Waals surface area (Å²) < 4.78 is 24.1. The average molecular weight is 255 g/mol. The summed E-state index contributed by atoms with van der Waals surface area (Å²) in [5, 5.41) is 0. The van der Waals surface area contributed by atoms with Gasteiger partial charge in [0.1, 0.15) is 0 Å². The van der Waals surface area contributed by atoms with E-state index in [1.807, 2.05) is 0 Å². The summed E-state index contributed by atoms with van der Waals surface area (Å²) in [5.41, 5.74) is 6.22. The molecule has 1 rings (SSSR count). The lowest BCUT2D eigenvalue weighted by molar-refractivity contribution is 0.252. The van der Waals surface area contributed by atoms with E-state index in [1.165, 1.54) is 0 Å². The number of thioether (sulfide) groups is 1. The van der Waals surface area contributed by atoms with Crippen LogP contribution in [-0.2, 0) is 0 Å². The van der Waals surface area contributed by atoms with Gasteiger partial charge in [-0.3, -0.25) is 0 Å². The number of benzene rings is 1. The third-order valence-corrected chi connectivity index (χ3v) is 2.79. The molecule has 0 spiro atoms. The monoisotopic (exact) mass is 255 g/mol. The SMILES string of the molecule is NCCCCC#Cc1ccc(SC(F)F)cc1. The minimum atomic E-state index is -2.37. The van der Waals surface area contributed by atoms with Crippen molar-refractivity contribution in [3.05, 3.63) is 29.8 Å². The maximum absolute atomic E-state index is 12.1. The number of unbranched alkanes of at least 4 members (excludes halogenated alkanes) is 2. The lowest BCUT2D eigenvalue weighted by atomic mass is 10.2. The zero-order chi connectivity index (χ0) is 12.5. The van der Waals surface area contributed by atoms with Gasteiger partial charge in [-0.15, -0.1) is 0 Å². The van der Waals surface area contributed by atoms with Crippen molar-refractivity contribution in [1.29, 1.82) is 0 Å². The van der Waals surface area contributed by atoms with Crippen molar-refractivity contribution in [1.82, 2.24) is 0 Å². The number of nitrogens with two attached hydrogens (primary N) is 1. The second kappa shape index (κ2) is 8.10. The van der Waals surface area contributed by atoms with Crippen LogP contribution in [0.5, 0.6) is 0 Å². The van der Waals surface area contributed by atoms with E-state index >= 15 is 0 Å². The lowest BCUT2D eigenvalue weighted by Gasteiger charge is -1.99. The molecule has 0 fully saturated rings. The predicted molar refractivity (Wildman–Crippen MR) is 68.1 cm³/mol. The zero-order valence-corrected chi connectivity index (χ0v) is 10.3. The van der Waals surface area contributed by atoms with Crippen LogP contribution in [-0.4, -0.2) is 12.3 Å². The van der Waals surface area contributed by atoms with Gasteiger partial charge in [0.25, 0.3) is 5.76 Å². The Kier molecular flexibility index (Phi) is 6.68. The van der Waals surface area contributed by atoms with E-state index in [1.54, 1.807) is 24.3 Å². The second-order valence-corrected chi connectivity index (χ2v) is 4.51. The van der Waals surface area contributed by atoms with Crippen molar-refractivity contribution in [2.75, 3.05) is 6.54 Å². The van der Waals surface area contributed by atoms with Crippen LogP contribution < -0.4 is 5.73 Å². The molecule has 0 unspecified atom stereocenters. The topological polar surface area (TPSA) is 26.0 Å². The summed E-state index contributed by atoms with van der Waals surface area (Å²) >= 11 is 0.547. The standard InChI is InChI=1S/C13H15F2NS/c14-13(15)17-12-8-6-11(7-9-12)5-3-1-2-4-10-16/h6-9,13H,1-2,4,10,16H2. The lowest BCUT2D eigenvalue weighted by Crippen LogP contribution is -1.96. The van der Waals surface area contributed by atoms with Crippen molar-refractivity contribution in [2.24, 2.45) is 5.73 Å². The van der Waals surface area contributed by atoms with E-state index in [0.29, 0.717) is 23.2 Å². The van der Waals surface area contributed by atoms with Crippen molar-refractivity contribution in [3.63, 3.8) is 0 Å². The highest BCUT2D eigenvalue weighted by Crippen LogP contribution is 2.24. The van der Waals surface area contributed by atoms with E-state index in [-0.39, 0.29) is 0 Å². The summed E-state index contributed by atoms with van der Waals surface area (Å²) in [6.07, 6.45) is 2.81. The highest BCUT2D eigenvalue weighted by Gasteiger charge is 2.03. The Balaban J connectivity index is 2.44. The molecule has 92 valence electrons. The first-order valence-corrected chi connectivity index (χ1v) is 6.34. The molecule has 0 aromatic heterocycles. The molecule has 0 heterocycles. The molecule has 0 aliphatic carbocycles. The summed E-state index contributed by atoms with van der Waals surface area (Å²) in [4.78, 5) is 0.564. The maximum atomic E-state index is 12.1. The second-order valence-electron chi connectivity index (χ2n) is 3.45. The molecule has 2 N–H and O–H groups in total. The van der Waals surface area contributed by atoms with Crippen molar-refractivity contribution in [3.8, 4) is 11.8 Å².